The zero-order valence-electron chi connectivity index (χ0n) is 10.0. The van der Waals surface area contributed by atoms with Gasteiger partial charge >= 0.3 is 5.97 Å². The molecule has 0 amide bonds. The van der Waals surface area contributed by atoms with E-state index < -0.39 is 12.1 Å². The van der Waals surface area contributed by atoms with Crippen LogP contribution in [0.3, 0.4) is 0 Å². The molecule has 2 rings (SSSR count). The van der Waals surface area contributed by atoms with Crippen molar-refractivity contribution in [3.63, 3.8) is 0 Å². The highest BCUT2D eigenvalue weighted by Gasteiger charge is 2.23. The van der Waals surface area contributed by atoms with Crippen LogP contribution in [0.5, 0.6) is 5.75 Å². The van der Waals surface area contributed by atoms with Crippen molar-refractivity contribution in [1.82, 2.24) is 0 Å². The molecule has 2 aromatic carbocycles. The van der Waals surface area contributed by atoms with Gasteiger partial charge in [-0.1, -0.05) is 46.9 Å². The summed E-state index contributed by atoms with van der Waals surface area (Å²) in [5.41, 5.74) is 0.427. The number of carboxylic acids is 1. The number of benzene rings is 2. The molecule has 0 aliphatic rings. The van der Waals surface area contributed by atoms with Crippen LogP contribution in [0.25, 0.3) is 0 Å². The molecule has 104 valence electrons. The predicted molar refractivity (Wildman–Crippen MR) is 78.9 cm³/mol. The van der Waals surface area contributed by atoms with Crippen LogP contribution in [0.15, 0.2) is 42.5 Å². The fourth-order valence-corrected chi connectivity index (χ4v) is 2.28. The van der Waals surface area contributed by atoms with Crippen molar-refractivity contribution < 1.29 is 14.6 Å². The zero-order chi connectivity index (χ0) is 14.7. The average Bonchev–Trinajstić information content (AvgIpc) is 2.37. The molecule has 0 saturated heterocycles. The number of carbonyl (C=O) groups is 1. The van der Waals surface area contributed by atoms with Gasteiger partial charge in [0.05, 0.1) is 5.02 Å². The van der Waals surface area contributed by atoms with Crippen LogP contribution in [0.1, 0.15) is 11.7 Å². The molecule has 0 heterocycles. The van der Waals surface area contributed by atoms with Crippen molar-refractivity contribution >= 4 is 40.8 Å². The quantitative estimate of drug-likeness (QED) is 0.871. The van der Waals surface area contributed by atoms with Gasteiger partial charge in [0.15, 0.2) is 0 Å². The topological polar surface area (TPSA) is 46.5 Å². The summed E-state index contributed by atoms with van der Waals surface area (Å²) in [7, 11) is 0. The molecule has 20 heavy (non-hydrogen) atoms. The van der Waals surface area contributed by atoms with E-state index in [4.69, 9.17) is 39.5 Å². The van der Waals surface area contributed by atoms with Gasteiger partial charge in [-0.2, -0.15) is 0 Å². The molecule has 0 saturated carbocycles. The number of halogens is 3. The summed E-state index contributed by atoms with van der Waals surface area (Å²) >= 11 is 17.6. The first-order valence-electron chi connectivity index (χ1n) is 5.57. The van der Waals surface area contributed by atoms with E-state index in [0.29, 0.717) is 15.6 Å². The summed E-state index contributed by atoms with van der Waals surface area (Å²) in [5, 5.41) is 10.4. The first-order chi connectivity index (χ1) is 9.47. The van der Waals surface area contributed by atoms with Crippen LogP contribution < -0.4 is 4.74 Å². The Labute approximate surface area is 130 Å². The highest BCUT2D eigenvalue weighted by atomic mass is 35.5. The van der Waals surface area contributed by atoms with Gasteiger partial charge in [-0.15, -0.1) is 0 Å². The Morgan fingerprint density at radius 3 is 2.35 bits per heavy atom. The van der Waals surface area contributed by atoms with E-state index in [1.807, 2.05) is 0 Å². The molecule has 1 unspecified atom stereocenters. The minimum atomic E-state index is -1.20. The minimum Gasteiger partial charge on any atom is -0.478 e. The van der Waals surface area contributed by atoms with Crippen molar-refractivity contribution in [1.29, 1.82) is 0 Å². The normalized spacial score (nSPS) is 11.9. The Hall–Kier alpha value is -1.42. The third-order valence-corrected chi connectivity index (χ3v) is 3.28. The van der Waals surface area contributed by atoms with E-state index in [1.165, 1.54) is 18.2 Å². The molecule has 0 fully saturated rings. The number of hydrogen-bond acceptors (Lipinski definition) is 2. The van der Waals surface area contributed by atoms with E-state index in [-0.39, 0.29) is 10.8 Å². The number of rotatable bonds is 4. The molecule has 2 aromatic rings. The van der Waals surface area contributed by atoms with Gasteiger partial charge in [-0.05, 0) is 30.3 Å². The second-order valence-electron chi connectivity index (χ2n) is 3.97. The summed E-state index contributed by atoms with van der Waals surface area (Å²) in [5.74, 6) is -0.901. The third-order valence-electron chi connectivity index (χ3n) is 2.51. The van der Waals surface area contributed by atoms with Crippen molar-refractivity contribution in [2.45, 2.75) is 6.10 Å². The summed E-state index contributed by atoms with van der Waals surface area (Å²) in [6.45, 7) is 0. The van der Waals surface area contributed by atoms with Crippen molar-refractivity contribution in [2.24, 2.45) is 0 Å². The Balaban J connectivity index is 2.33. The largest absolute Gasteiger partial charge is 0.478 e. The lowest BCUT2D eigenvalue weighted by molar-refractivity contribution is -0.145. The molecule has 0 bridgehead atoms. The van der Waals surface area contributed by atoms with E-state index in [9.17, 15) is 9.90 Å². The van der Waals surface area contributed by atoms with Crippen LogP contribution in [0.2, 0.25) is 15.1 Å². The zero-order valence-corrected chi connectivity index (χ0v) is 12.3. The lowest BCUT2D eigenvalue weighted by Gasteiger charge is -2.16. The highest BCUT2D eigenvalue weighted by Crippen LogP contribution is 2.32. The van der Waals surface area contributed by atoms with Gasteiger partial charge in [0, 0.05) is 15.6 Å². The fraction of sp³-hybridized carbons (Fsp3) is 0.0714. The molecule has 0 aromatic heterocycles. The first kappa shape index (κ1) is 15.0. The maximum atomic E-state index is 11.4. The molecular formula is C14H9Cl3O3. The molecule has 0 aliphatic heterocycles. The predicted octanol–water partition coefficient (Wildman–Crippen LogP) is 4.85. The molecule has 0 spiro atoms. The third kappa shape index (κ3) is 3.57. The molecule has 0 aliphatic carbocycles. The van der Waals surface area contributed by atoms with Crippen LogP contribution in [-0.2, 0) is 4.79 Å². The smallest absolute Gasteiger partial charge is 0.349 e. The van der Waals surface area contributed by atoms with E-state index in [2.05, 4.69) is 0 Å². The molecule has 1 atom stereocenters. The highest BCUT2D eigenvalue weighted by molar-refractivity contribution is 6.35. The second-order valence-corrected chi connectivity index (χ2v) is 5.25. The average molecular weight is 332 g/mol. The van der Waals surface area contributed by atoms with Crippen LogP contribution >= 0.6 is 34.8 Å². The molecule has 0 radical (unpaired) electrons. The van der Waals surface area contributed by atoms with E-state index >= 15 is 0 Å². The number of aliphatic carboxylic acids is 1. The molecule has 1 N–H and O–H groups in total. The number of carboxylic acid groups (broad SMARTS) is 1. The van der Waals surface area contributed by atoms with Crippen LogP contribution in [-0.4, -0.2) is 11.1 Å². The number of hydrogen-bond donors (Lipinski definition) is 1. The summed E-state index contributed by atoms with van der Waals surface area (Å²) in [4.78, 5) is 11.4. The SMILES string of the molecule is O=C(O)C(Oc1ccc(Cl)cc1Cl)c1cccc(Cl)c1. The maximum absolute atomic E-state index is 11.4. The summed E-state index contributed by atoms with van der Waals surface area (Å²) in [6.07, 6.45) is -1.20. The second kappa shape index (κ2) is 6.35. The first-order valence-corrected chi connectivity index (χ1v) is 6.71. The van der Waals surface area contributed by atoms with Crippen LogP contribution in [0.4, 0.5) is 0 Å². The molecule has 6 heteroatoms. The standard InChI is InChI=1S/C14H9Cl3O3/c15-9-3-1-2-8(6-9)13(14(18)19)20-12-5-4-10(16)7-11(12)17/h1-7,13H,(H,18,19). The van der Waals surface area contributed by atoms with Gasteiger partial charge in [0.25, 0.3) is 0 Å². The summed E-state index contributed by atoms with van der Waals surface area (Å²) < 4.78 is 5.45. The van der Waals surface area contributed by atoms with E-state index in [1.54, 1.807) is 24.3 Å². The maximum Gasteiger partial charge on any atom is 0.349 e. The van der Waals surface area contributed by atoms with Gasteiger partial charge in [0.2, 0.25) is 6.10 Å². The van der Waals surface area contributed by atoms with Gasteiger partial charge < -0.3 is 9.84 Å². The fourth-order valence-electron chi connectivity index (χ4n) is 1.63. The lowest BCUT2D eigenvalue weighted by Crippen LogP contribution is -2.18. The Kier molecular flexibility index (Phi) is 4.76. The van der Waals surface area contributed by atoms with Crippen molar-refractivity contribution in [3.05, 3.63) is 63.1 Å². The van der Waals surface area contributed by atoms with Gasteiger partial charge in [-0.25, -0.2) is 4.79 Å². The van der Waals surface area contributed by atoms with Gasteiger partial charge in [-0.3, -0.25) is 0 Å². The summed E-state index contributed by atoms with van der Waals surface area (Å²) in [6, 6.07) is 11.0. The monoisotopic (exact) mass is 330 g/mol. The van der Waals surface area contributed by atoms with Crippen molar-refractivity contribution in [3.8, 4) is 5.75 Å². The number of ether oxygens (including phenoxy) is 1. The Morgan fingerprint density at radius 2 is 1.75 bits per heavy atom. The molecular weight excluding hydrogens is 323 g/mol. The Bertz CT molecular complexity index is 643. The minimum absolute atomic E-state index is 0.239. The van der Waals surface area contributed by atoms with Crippen molar-refractivity contribution in [2.75, 3.05) is 0 Å². The van der Waals surface area contributed by atoms with Crippen LogP contribution in [0, 0.1) is 0 Å². The van der Waals surface area contributed by atoms with Gasteiger partial charge in [0.1, 0.15) is 5.75 Å². The van der Waals surface area contributed by atoms with E-state index in [0.717, 1.165) is 0 Å². The lowest BCUT2D eigenvalue weighted by atomic mass is 10.1. The molecule has 3 nitrogen and oxygen atoms in total. The Morgan fingerprint density at radius 1 is 1.05 bits per heavy atom.